The van der Waals surface area contributed by atoms with Gasteiger partial charge in [0.05, 0.1) is 5.88 Å². The van der Waals surface area contributed by atoms with Gasteiger partial charge in [-0.3, -0.25) is 9.59 Å². The predicted molar refractivity (Wildman–Crippen MR) is 76.9 cm³/mol. The first-order valence-electron chi connectivity index (χ1n) is 7.00. The fourth-order valence-electron chi connectivity index (χ4n) is 2.72. The molecular formula is C13H23N3O2S. The third kappa shape index (κ3) is 3.23. The van der Waals surface area contributed by atoms with Crippen molar-refractivity contribution in [2.45, 2.75) is 38.3 Å². The van der Waals surface area contributed by atoms with Crippen molar-refractivity contribution >= 4 is 23.6 Å². The van der Waals surface area contributed by atoms with Crippen LogP contribution in [0.4, 0.5) is 0 Å². The summed E-state index contributed by atoms with van der Waals surface area (Å²) in [4.78, 5) is 28.1. The minimum Gasteiger partial charge on any atom is -0.339 e. The zero-order chi connectivity index (χ0) is 13.8. The number of amides is 2. The summed E-state index contributed by atoms with van der Waals surface area (Å²) in [6, 6.07) is 0.148. The molecule has 0 aromatic rings. The Balaban J connectivity index is 2.00. The van der Waals surface area contributed by atoms with Gasteiger partial charge in [0.2, 0.25) is 11.8 Å². The van der Waals surface area contributed by atoms with Gasteiger partial charge in [0, 0.05) is 31.3 Å². The van der Waals surface area contributed by atoms with Gasteiger partial charge in [-0.25, -0.2) is 0 Å². The van der Waals surface area contributed by atoms with Gasteiger partial charge in [-0.2, -0.15) is 0 Å². The van der Waals surface area contributed by atoms with Crippen molar-refractivity contribution in [3.05, 3.63) is 0 Å². The van der Waals surface area contributed by atoms with Crippen LogP contribution in [0.3, 0.4) is 0 Å². The van der Waals surface area contributed by atoms with Crippen molar-refractivity contribution < 1.29 is 9.59 Å². The Morgan fingerprint density at radius 2 is 2.21 bits per heavy atom. The predicted octanol–water partition coefficient (Wildman–Crippen LogP) is 0.508. The van der Waals surface area contributed by atoms with Gasteiger partial charge in [-0.1, -0.05) is 6.92 Å². The van der Waals surface area contributed by atoms with E-state index in [0.29, 0.717) is 18.3 Å². The molecule has 6 heteroatoms. The maximum Gasteiger partial charge on any atom is 0.246 e. The van der Waals surface area contributed by atoms with Gasteiger partial charge >= 0.3 is 0 Å². The molecule has 0 saturated carbocycles. The lowest BCUT2D eigenvalue weighted by molar-refractivity contribution is -0.144. The first kappa shape index (κ1) is 14.7. The van der Waals surface area contributed by atoms with Crippen LogP contribution in [0.25, 0.3) is 0 Å². The Labute approximate surface area is 119 Å². The highest BCUT2D eigenvalue weighted by molar-refractivity contribution is 7.99. The van der Waals surface area contributed by atoms with Crippen LogP contribution in [-0.2, 0) is 9.59 Å². The Morgan fingerprint density at radius 1 is 1.42 bits per heavy atom. The lowest BCUT2D eigenvalue weighted by Crippen LogP contribution is -2.54. The van der Waals surface area contributed by atoms with Crippen LogP contribution in [0, 0.1) is 0 Å². The Hall–Kier alpha value is -0.750. The van der Waals surface area contributed by atoms with E-state index in [1.165, 1.54) is 0 Å². The molecule has 2 amide bonds. The van der Waals surface area contributed by atoms with Crippen LogP contribution < -0.4 is 5.32 Å². The van der Waals surface area contributed by atoms with E-state index in [9.17, 15) is 9.59 Å². The van der Waals surface area contributed by atoms with Gasteiger partial charge in [0.15, 0.2) is 0 Å². The van der Waals surface area contributed by atoms with E-state index < -0.39 is 0 Å². The Morgan fingerprint density at radius 3 is 2.89 bits per heavy atom. The van der Waals surface area contributed by atoms with E-state index in [2.05, 4.69) is 5.32 Å². The molecule has 2 fully saturated rings. The Bertz CT molecular complexity index is 351. The summed E-state index contributed by atoms with van der Waals surface area (Å²) < 4.78 is 0. The number of nitrogens with zero attached hydrogens (tertiary/aromatic N) is 2. The monoisotopic (exact) mass is 285 g/mol. The third-order valence-electron chi connectivity index (χ3n) is 3.93. The van der Waals surface area contributed by atoms with Crippen molar-refractivity contribution in [1.29, 1.82) is 0 Å². The lowest BCUT2D eigenvalue weighted by Gasteiger charge is -2.35. The molecule has 108 valence electrons. The molecule has 0 aliphatic carbocycles. The summed E-state index contributed by atoms with van der Waals surface area (Å²) in [7, 11) is 1.94. The van der Waals surface area contributed by atoms with Gasteiger partial charge < -0.3 is 15.1 Å². The van der Waals surface area contributed by atoms with Crippen LogP contribution in [0.2, 0.25) is 0 Å². The molecule has 0 aromatic heterocycles. The molecule has 0 spiro atoms. The SMILES string of the molecule is CCC(=O)N1CSCC1C(=O)N1CCCC(NC)C1. The van der Waals surface area contributed by atoms with E-state index >= 15 is 0 Å². The molecule has 1 N–H and O–H groups in total. The number of likely N-dealkylation sites (N-methyl/N-ethyl adjacent to an activating group) is 1. The van der Waals surface area contributed by atoms with Gasteiger partial charge in [0.1, 0.15) is 6.04 Å². The van der Waals surface area contributed by atoms with Crippen LogP contribution in [0.1, 0.15) is 26.2 Å². The summed E-state index contributed by atoms with van der Waals surface area (Å²) in [6.07, 6.45) is 2.64. The minimum atomic E-state index is -0.243. The number of carbonyl (C=O) groups excluding carboxylic acids is 2. The summed E-state index contributed by atoms with van der Waals surface area (Å²) in [5.41, 5.74) is 0. The number of piperidine rings is 1. The summed E-state index contributed by atoms with van der Waals surface area (Å²) >= 11 is 1.67. The van der Waals surface area contributed by atoms with Gasteiger partial charge in [-0.05, 0) is 19.9 Å². The lowest BCUT2D eigenvalue weighted by atomic mass is 10.0. The molecule has 0 bridgehead atoms. The summed E-state index contributed by atoms with van der Waals surface area (Å²) in [5.74, 6) is 1.62. The standard InChI is InChI=1S/C13H23N3O2S/c1-3-12(17)16-9-19-8-11(16)13(18)15-6-4-5-10(7-15)14-2/h10-11,14H,3-9H2,1-2H3. The van der Waals surface area contributed by atoms with Crippen molar-refractivity contribution in [3.8, 4) is 0 Å². The second-order valence-electron chi connectivity index (χ2n) is 5.14. The topological polar surface area (TPSA) is 52.7 Å². The molecule has 19 heavy (non-hydrogen) atoms. The van der Waals surface area contributed by atoms with E-state index in [1.54, 1.807) is 16.7 Å². The largest absolute Gasteiger partial charge is 0.339 e. The fourth-order valence-corrected chi connectivity index (χ4v) is 3.89. The van der Waals surface area contributed by atoms with E-state index in [4.69, 9.17) is 0 Å². The highest BCUT2D eigenvalue weighted by atomic mass is 32.2. The molecule has 2 aliphatic rings. The van der Waals surface area contributed by atoms with Crippen LogP contribution >= 0.6 is 11.8 Å². The maximum atomic E-state index is 12.6. The highest BCUT2D eigenvalue weighted by Crippen LogP contribution is 2.24. The normalized spacial score (nSPS) is 27.7. The van der Waals surface area contributed by atoms with Crippen LogP contribution in [0.15, 0.2) is 0 Å². The average molecular weight is 285 g/mol. The van der Waals surface area contributed by atoms with Crippen LogP contribution in [0.5, 0.6) is 0 Å². The Kier molecular flexibility index (Phi) is 5.10. The van der Waals surface area contributed by atoms with Gasteiger partial charge in [-0.15, -0.1) is 11.8 Å². The third-order valence-corrected chi connectivity index (χ3v) is 4.94. The number of hydrogen-bond acceptors (Lipinski definition) is 4. The number of thioether (sulfide) groups is 1. The zero-order valence-corrected chi connectivity index (χ0v) is 12.5. The minimum absolute atomic E-state index is 0.0884. The van der Waals surface area contributed by atoms with Gasteiger partial charge in [0.25, 0.3) is 0 Å². The van der Waals surface area contributed by atoms with E-state index in [-0.39, 0.29) is 17.9 Å². The van der Waals surface area contributed by atoms with Crippen molar-refractivity contribution in [3.63, 3.8) is 0 Å². The molecule has 0 radical (unpaired) electrons. The fraction of sp³-hybridized carbons (Fsp3) is 0.846. The molecule has 2 saturated heterocycles. The zero-order valence-electron chi connectivity index (χ0n) is 11.7. The van der Waals surface area contributed by atoms with E-state index in [1.807, 2.05) is 18.9 Å². The first-order chi connectivity index (χ1) is 9.17. The summed E-state index contributed by atoms with van der Waals surface area (Å²) in [5, 5.41) is 3.24. The molecule has 2 aliphatic heterocycles. The molecule has 2 rings (SSSR count). The smallest absolute Gasteiger partial charge is 0.246 e. The van der Waals surface area contributed by atoms with Crippen LogP contribution in [-0.4, -0.2) is 65.5 Å². The molecule has 2 heterocycles. The highest BCUT2D eigenvalue weighted by Gasteiger charge is 2.37. The second kappa shape index (κ2) is 6.61. The molecule has 5 nitrogen and oxygen atoms in total. The summed E-state index contributed by atoms with van der Waals surface area (Å²) in [6.45, 7) is 3.45. The molecular weight excluding hydrogens is 262 g/mol. The number of rotatable bonds is 3. The number of nitrogens with one attached hydrogen (secondary N) is 1. The number of hydrogen-bond donors (Lipinski definition) is 1. The molecule has 2 unspecified atom stereocenters. The number of carbonyl (C=O) groups is 2. The quantitative estimate of drug-likeness (QED) is 0.821. The molecule has 2 atom stereocenters. The van der Waals surface area contributed by atoms with E-state index in [0.717, 1.165) is 31.7 Å². The second-order valence-corrected chi connectivity index (χ2v) is 6.14. The van der Waals surface area contributed by atoms with Crippen molar-refractivity contribution in [2.24, 2.45) is 0 Å². The average Bonchev–Trinajstić information content (AvgIpc) is 2.95. The number of likely N-dealkylation sites (tertiary alicyclic amines) is 1. The van der Waals surface area contributed by atoms with Crippen molar-refractivity contribution in [1.82, 2.24) is 15.1 Å². The maximum absolute atomic E-state index is 12.6. The van der Waals surface area contributed by atoms with Crippen molar-refractivity contribution in [2.75, 3.05) is 31.8 Å². The first-order valence-corrected chi connectivity index (χ1v) is 8.16. The molecule has 0 aromatic carbocycles.